The van der Waals surface area contributed by atoms with Gasteiger partial charge in [0.2, 0.25) is 0 Å². The van der Waals surface area contributed by atoms with Crippen molar-refractivity contribution in [2.45, 2.75) is 24.7 Å². The Hall–Kier alpha value is -0.0800. The van der Waals surface area contributed by atoms with Crippen LogP contribution in [-0.4, -0.2) is 0 Å². The van der Waals surface area contributed by atoms with Crippen LogP contribution in [0, 0.1) is 0 Å². The molecule has 0 atom stereocenters. The monoisotopic (exact) mass is 183 g/mol. The molecular formula is C9H11S2. The van der Waals surface area contributed by atoms with E-state index in [4.69, 9.17) is 11.7 Å². The van der Waals surface area contributed by atoms with Gasteiger partial charge in [0.15, 0.2) is 0 Å². The summed E-state index contributed by atoms with van der Waals surface area (Å²) >= 11 is 4.84. The topological polar surface area (TPSA) is 0 Å². The molecule has 0 saturated heterocycles. The average molecular weight is 183 g/mol. The zero-order valence-electron chi connectivity index (χ0n) is 6.54. The SMILES string of the molecule is CCCc1ccc(S[S])cc1. The molecule has 0 fully saturated rings. The zero-order valence-corrected chi connectivity index (χ0v) is 8.17. The van der Waals surface area contributed by atoms with Gasteiger partial charge in [0.1, 0.15) is 0 Å². The number of benzene rings is 1. The Kier molecular flexibility index (Phi) is 3.87. The molecule has 0 saturated carbocycles. The molecule has 0 aliphatic heterocycles. The second-order valence-electron chi connectivity index (χ2n) is 2.48. The minimum atomic E-state index is 1.17. The molecule has 0 aliphatic rings. The summed E-state index contributed by atoms with van der Waals surface area (Å²) in [4.78, 5) is 1.17. The Morgan fingerprint density at radius 1 is 1.27 bits per heavy atom. The first-order chi connectivity index (χ1) is 5.36. The van der Waals surface area contributed by atoms with E-state index in [1.165, 1.54) is 34.1 Å². The van der Waals surface area contributed by atoms with Gasteiger partial charge in [0, 0.05) is 4.90 Å². The van der Waals surface area contributed by atoms with Gasteiger partial charge < -0.3 is 0 Å². The molecule has 1 aromatic rings. The molecule has 0 aliphatic carbocycles. The summed E-state index contributed by atoms with van der Waals surface area (Å²) in [6, 6.07) is 8.47. The number of hydrogen-bond donors (Lipinski definition) is 0. The van der Waals surface area contributed by atoms with Crippen molar-refractivity contribution in [3.63, 3.8) is 0 Å². The summed E-state index contributed by atoms with van der Waals surface area (Å²) in [6.07, 6.45) is 2.38. The lowest BCUT2D eigenvalue weighted by Crippen LogP contribution is -1.80. The zero-order chi connectivity index (χ0) is 8.10. The normalized spacial score (nSPS) is 10.0. The second kappa shape index (κ2) is 4.73. The van der Waals surface area contributed by atoms with Crippen molar-refractivity contribution in [2.24, 2.45) is 0 Å². The van der Waals surface area contributed by atoms with Crippen LogP contribution in [0.2, 0.25) is 0 Å². The molecular weight excluding hydrogens is 172 g/mol. The average Bonchev–Trinajstić information content (AvgIpc) is 2.07. The van der Waals surface area contributed by atoms with Gasteiger partial charge in [-0.2, -0.15) is 0 Å². The molecule has 11 heavy (non-hydrogen) atoms. The predicted molar refractivity (Wildman–Crippen MR) is 53.9 cm³/mol. The maximum atomic E-state index is 4.84. The second-order valence-corrected chi connectivity index (χ2v) is 3.62. The Labute approximate surface area is 77.2 Å². The number of rotatable bonds is 3. The summed E-state index contributed by atoms with van der Waals surface area (Å²) in [6.45, 7) is 2.19. The van der Waals surface area contributed by atoms with Crippen LogP contribution in [-0.2, 0) is 6.42 Å². The number of aryl methyl sites for hydroxylation is 1. The first-order valence-electron chi connectivity index (χ1n) is 3.75. The van der Waals surface area contributed by atoms with Crippen LogP contribution < -0.4 is 0 Å². The highest BCUT2D eigenvalue weighted by atomic mass is 33.1. The van der Waals surface area contributed by atoms with E-state index in [9.17, 15) is 0 Å². The molecule has 0 amide bonds. The Morgan fingerprint density at radius 2 is 1.91 bits per heavy atom. The molecule has 59 valence electrons. The lowest BCUT2D eigenvalue weighted by atomic mass is 10.1. The largest absolute Gasteiger partial charge is 0.0651 e. The van der Waals surface area contributed by atoms with Crippen LogP contribution in [0.25, 0.3) is 0 Å². The lowest BCUT2D eigenvalue weighted by Gasteiger charge is -1.98. The van der Waals surface area contributed by atoms with E-state index in [-0.39, 0.29) is 0 Å². The van der Waals surface area contributed by atoms with Gasteiger partial charge in [-0.05, 0) is 46.6 Å². The molecule has 0 unspecified atom stereocenters. The van der Waals surface area contributed by atoms with Gasteiger partial charge >= 0.3 is 0 Å². The van der Waals surface area contributed by atoms with Crippen molar-refractivity contribution in [1.29, 1.82) is 0 Å². The van der Waals surface area contributed by atoms with Crippen LogP contribution in [0.15, 0.2) is 29.2 Å². The summed E-state index contributed by atoms with van der Waals surface area (Å²) in [7, 11) is 1.38. The summed E-state index contributed by atoms with van der Waals surface area (Å²) in [5.41, 5.74) is 1.40. The molecule has 0 bridgehead atoms. The van der Waals surface area contributed by atoms with Crippen molar-refractivity contribution in [3.05, 3.63) is 29.8 Å². The van der Waals surface area contributed by atoms with Crippen molar-refractivity contribution in [2.75, 3.05) is 0 Å². The van der Waals surface area contributed by atoms with Crippen molar-refractivity contribution in [1.82, 2.24) is 0 Å². The molecule has 0 heterocycles. The van der Waals surface area contributed by atoms with Gasteiger partial charge in [-0.25, -0.2) is 0 Å². The van der Waals surface area contributed by atoms with Crippen LogP contribution in [0.3, 0.4) is 0 Å². The van der Waals surface area contributed by atoms with Crippen LogP contribution >= 0.6 is 22.5 Å². The minimum Gasteiger partial charge on any atom is -0.0651 e. The quantitative estimate of drug-likeness (QED) is 0.641. The fourth-order valence-electron chi connectivity index (χ4n) is 1.00. The summed E-state index contributed by atoms with van der Waals surface area (Å²) in [5.74, 6) is 0. The highest BCUT2D eigenvalue weighted by molar-refractivity contribution is 8.68. The fraction of sp³-hybridized carbons (Fsp3) is 0.333. The summed E-state index contributed by atoms with van der Waals surface area (Å²) in [5, 5.41) is 0. The maximum Gasteiger partial charge on any atom is 0.0191 e. The fourth-order valence-corrected chi connectivity index (χ4v) is 1.58. The molecule has 1 aromatic carbocycles. The third-order valence-electron chi connectivity index (χ3n) is 1.56. The smallest absolute Gasteiger partial charge is 0.0191 e. The first kappa shape index (κ1) is 9.01. The lowest BCUT2D eigenvalue weighted by molar-refractivity contribution is 0.920. The van der Waals surface area contributed by atoms with Crippen molar-refractivity contribution >= 4 is 22.5 Å². The van der Waals surface area contributed by atoms with E-state index >= 15 is 0 Å². The van der Waals surface area contributed by atoms with Crippen LogP contribution in [0.4, 0.5) is 0 Å². The van der Waals surface area contributed by atoms with E-state index in [2.05, 4.69) is 31.2 Å². The molecule has 0 N–H and O–H groups in total. The van der Waals surface area contributed by atoms with Gasteiger partial charge in [-0.1, -0.05) is 25.5 Å². The molecule has 0 nitrogen and oxygen atoms in total. The highest BCUT2D eigenvalue weighted by Crippen LogP contribution is 2.21. The summed E-state index contributed by atoms with van der Waals surface area (Å²) < 4.78 is 0. The van der Waals surface area contributed by atoms with E-state index in [0.717, 1.165) is 0 Å². The maximum absolute atomic E-state index is 4.84. The Morgan fingerprint density at radius 3 is 2.36 bits per heavy atom. The van der Waals surface area contributed by atoms with Crippen molar-refractivity contribution in [3.8, 4) is 0 Å². The first-order valence-corrected chi connectivity index (χ1v) is 5.49. The highest BCUT2D eigenvalue weighted by Gasteiger charge is 1.91. The number of hydrogen-bond acceptors (Lipinski definition) is 1. The molecule has 2 heteroatoms. The van der Waals surface area contributed by atoms with E-state index in [0.29, 0.717) is 0 Å². The molecule has 0 spiro atoms. The molecule has 0 aromatic heterocycles. The predicted octanol–water partition coefficient (Wildman–Crippen LogP) is 3.84. The van der Waals surface area contributed by atoms with Crippen molar-refractivity contribution < 1.29 is 0 Å². The van der Waals surface area contributed by atoms with Crippen LogP contribution in [0.1, 0.15) is 18.9 Å². The molecule has 1 rings (SSSR count). The van der Waals surface area contributed by atoms with Gasteiger partial charge in [-0.3, -0.25) is 0 Å². The third-order valence-corrected chi connectivity index (χ3v) is 2.60. The Bertz CT molecular complexity index is 203. The standard InChI is InChI=1S/C9H11S2/c1-2-3-8-4-6-9(11-10)7-5-8/h4-7H,2-3H2,1H3. The van der Waals surface area contributed by atoms with Crippen LogP contribution in [0.5, 0.6) is 0 Å². The minimum absolute atomic E-state index is 1.17. The van der Waals surface area contributed by atoms with E-state index in [1.807, 2.05) is 0 Å². The van der Waals surface area contributed by atoms with E-state index in [1.54, 1.807) is 0 Å². The van der Waals surface area contributed by atoms with Gasteiger partial charge in [-0.15, -0.1) is 0 Å². The molecule has 1 radical (unpaired) electrons. The van der Waals surface area contributed by atoms with Gasteiger partial charge in [0.05, 0.1) is 0 Å². The Balaban J connectivity index is 2.66. The third kappa shape index (κ3) is 2.80. The van der Waals surface area contributed by atoms with Gasteiger partial charge in [0.25, 0.3) is 0 Å². The van der Waals surface area contributed by atoms with E-state index < -0.39 is 0 Å².